The monoisotopic (exact) mass is 288 g/mol. The molecule has 108 valence electrons. The SMILES string of the molecule is CN1c2ccccc2C2CC1Oc1c2ccc2cnccc12. The second-order valence-electron chi connectivity index (χ2n) is 6.11. The lowest BCUT2D eigenvalue weighted by molar-refractivity contribution is 0.160. The Hall–Kier alpha value is -2.55. The number of hydrogen-bond acceptors (Lipinski definition) is 3. The van der Waals surface area contributed by atoms with Gasteiger partial charge in [-0.15, -0.1) is 0 Å². The summed E-state index contributed by atoms with van der Waals surface area (Å²) >= 11 is 0. The fourth-order valence-electron chi connectivity index (χ4n) is 3.87. The summed E-state index contributed by atoms with van der Waals surface area (Å²) in [6.45, 7) is 0. The zero-order valence-corrected chi connectivity index (χ0v) is 12.4. The molecule has 0 fully saturated rings. The van der Waals surface area contributed by atoms with Crippen molar-refractivity contribution in [2.45, 2.75) is 18.6 Å². The summed E-state index contributed by atoms with van der Waals surface area (Å²) in [5.74, 6) is 1.45. The van der Waals surface area contributed by atoms with Crippen LogP contribution in [0.5, 0.6) is 5.75 Å². The van der Waals surface area contributed by atoms with Crippen molar-refractivity contribution in [3.05, 3.63) is 66.0 Å². The summed E-state index contributed by atoms with van der Waals surface area (Å²) in [6, 6.07) is 15.1. The van der Waals surface area contributed by atoms with E-state index in [1.165, 1.54) is 16.8 Å². The van der Waals surface area contributed by atoms with Crippen LogP contribution in [0.25, 0.3) is 10.8 Å². The Morgan fingerprint density at radius 1 is 1.09 bits per heavy atom. The van der Waals surface area contributed by atoms with Crippen LogP contribution in [0, 0.1) is 0 Å². The highest BCUT2D eigenvalue weighted by molar-refractivity contribution is 5.90. The van der Waals surface area contributed by atoms with Gasteiger partial charge in [-0.25, -0.2) is 0 Å². The quantitative estimate of drug-likeness (QED) is 0.627. The van der Waals surface area contributed by atoms with Gasteiger partial charge in [-0.05, 0) is 17.7 Å². The number of rotatable bonds is 0. The molecule has 0 spiro atoms. The highest BCUT2D eigenvalue weighted by atomic mass is 16.5. The van der Waals surface area contributed by atoms with Crippen LogP contribution >= 0.6 is 0 Å². The Bertz CT molecular complexity index is 889. The lowest BCUT2D eigenvalue weighted by Gasteiger charge is -2.44. The fraction of sp³-hybridized carbons (Fsp3) is 0.211. The number of aromatic nitrogens is 1. The Morgan fingerprint density at radius 2 is 2.00 bits per heavy atom. The molecule has 0 saturated carbocycles. The van der Waals surface area contributed by atoms with Crippen LogP contribution in [-0.2, 0) is 0 Å². The summed E-state index contributed by atoms with van der Waals surface area (Å²) in [5, 5.41) is 2.30. The van der Waals surface area contributed by atoms with Gasteiger partial charge >= 0.3 is 0 Å². The van der Waals surface area contributed by atoms with Gasteiger partial charge in [0.2, 0.25) is 0 Å². The number of pyridine rings is 1. The summed E-state index contributed by atoms with van der Waals surface area (Å²) in [7, 11) is 2.12. The standard InChI is InChI=1S/C19H16N2O/c1-21-17-5-3-2-4-14(17)16-10-18(21)22-19-13-8-9-20-11-12(13)6-7-15(16)19/h2-9,11,16,18H,10H2,1H3. The minimum absolute atomic E-state index is 0.103. The maximum atomic E-state index is 6.38. The first-order valence-electron chi connectivity index (χ1n) is 7.68. The van der Waals surface area contributed by atoms with E-state index in [9.17, 15) is 0 Å². The second-order valence-corrected chi connectivity index (χ2v) is 6.11. The molecule has 2 unspecified atom stereocenters. The highest BCUT2D eigenvalue weighted by Crippen LogP contribution is 2.50. The minimum Gasteiger partial charge on any atom is -0.470 e. The normalized spacial score (nSPS) is 22.0. The van der Waals surface area contributed by atoms with Crippen LogP contribution in [0.4, 0.5) is 5.69 Å². The number of anilines is 1. The van der Waals surface area contributed by atoms with Gasteiger partial charge in [0.15, 0.2) is 6.23 Å². The largest absolute Gasteiger partial charge is 0.470 e. The van der Waals surface area contributed by atoms with Gasteiger partial charge in [-0.3, -0.25) is 4.98 Å². The van der Waals surface area contributed by atoms with Crippen LogP contribution in [0.3, 0.4) is 0 Å². The molecule has 0 aliphatic carbocycles. The molecule has 2 atom stereocenters. The van der Waals surface area contributed by atoms with Gasteiger partial charge in [0, 0.05) is 53.8 Å². The average molecular weight is 288 g/mol. The van der Waals surface area contributed by atoms with Crippen LogP contribution < -0.4 is 9.64 Å². The van der Waals surface area contributed by atoms with Crippen LogP contribution in [-0.4, -0.2) is 18.3 Å². The Labute approximate surface area is 129 Å². The number of ether oxygens (including phenoxy) is 1. The van der Waals surface area contributed by atoms with Gasteiger partial charge in [0.1, 0.15) is 5.75 Å². The third kappa shape index (κ3) is 1.48. The number of para-hydroxylation sites is 1. The predicted octanol–water partition coefficient (Wildman–Crippen LogP) is 3.93. The minimum atomic E-state index is 0.103. The highest BCUT2D eigenvalue weighted by Gasteiger charge is 2.38. The van der Waals surface area contributed by atoms with E-state index in [4.69, 9.17) is 4.74 Å². The van der Waals surface area contributed by atoms with Crippen LogP contribution in [0.2, 0.25) is 0 Å². The first kappa shape index (κ1) is 12.0. The molecule has 2 aromatic carbocycles. The zero-order chi connectivity index (χ0) is 14.7. The predicted molar refractivity (Wildman–Crippen MR) is 87.5 cm³/mol. The molecule has 0 N–H and O–H groups in total. The van der Waals surface area contributed by atoms with Crippen molar-refractivity contribution in [1.82, 2.24) is 4.98 Å². The smallest absolute Gasteiger partial charge is 0.173 e. The van der Waals surface area contributed by atoms with Crippen molar-refractivity contribution in [3.8, 4) is 5.75 Å². The first-order chi connectivity index (χ1) is 10.8. The van der Waals surface area contributed by atoms with Crippen LogP contribution in [0.1, 0.15) is 23.5 Å². The molecule has 3 aromatic rings. The number of fused-ring (bicyclic) bond motifs is 8. The van der Waals surface area contributed by atoms with Crippen molar-refractivity contribution in [3.63, 3.8) is 0 Å². The lowest BCUT2D eigenvalue weighted by atomic mass is 9.81. The Kier molecular flexibility index (Phi) is 2.31. The van der Waals surface area contributed by atoms with Crippen molar-refractivity contribution in [2.75, 3.05) is 11.9 Å². The average Bonchev–Trinajstić information content (AvgIpc) is 2.59. The number of benzene rings is 2. The number of nitrogens with zero attached hydrogens (tertiary/aromatic N) is 2. The van der Waals surface area contributed by atoms with Crippen molar-refractivity contribution in [2.24, 2.45) is 0 Å². The summed E-state index contributed by atoms with van der Waals surface area (Å²) < 4.78 is 6.38. The van der Waals surface area contributed by atoms with E-state index < -0.39 is 0 Å². The van der Waals surface area contributed by atoms with E-state index in [-0.39, 0.29) is 6.23 Å². The van der Waals surface area contributed by atoms with E-state index in [1.54, 1.807) is 0 Å². The van der Waals surface area contributed by atoms with Gasteiger partial charge in [-0.1, -0.05) is 30.3 Å². The molecule has 2 aliphatic heterocycles. The molecule has 0 saturated heterocycles. The lowest BCUT2D eigenvalue weighted by Crippen LogP contribution is -2.44. The van der Waals surface area contributed by atoms with Gasteiger partial charge < -0.3 is 9.64 Å². The van der Waals surface area contributed by atoms with Crippen molar-refractivity contribution >= 4 is 16.5 Å². The summed E-state index contributed by atoms with van der Waals surface area (Å²) in [4.78, 5) is 6.48. The van der Waals surface area contributed by atoms with Crippen LogP contribution in [0.15, 0.2) is 54.9 Å². The van der Waals surface area contributed by atoms with E-state index in [1.807, 2.05) is 12.4 Å². The second kappa shape index (κ2) is 4.23. The molecule has 2 bridgehead atoms. The third-order valence-corrected chi connectivity index (χ3v) is 4.99. The Morgan fingerprint density at radius 3 is 2.95 bits per heavy atom. The third-order valence-electron chi connectivity index (χ3n) is 4.99. The Balaban J connectivity index is 1.81. The molecule has 3 nitrogen and oxygen atoms in total. The van der Waals surface area contributed by atoms with Gasteiger partial charge in [-0.2, -0.15) is 0 Å². The summed E-state index contributed by atoms with van der Waals surface area (Å²) in [6.07, 6.45) is 4.86. The molecule has 3 heterocycles. The van der Waals surface area contributed by atoms with E-state index >= 15 is 0 Å². The van der Waals surface area contributed by atoms with E-state index in [0.717, 1.165) is 22.9 Å². The van der Waals surface area contributed by atoms with Gasteiger partial charge in [0.05, 0.1) is 0 Å². The van der Waals surface area contributed by atoms with E-state index in [2.05, 4.69) is 59.4 Å². The van der Waals surface area contributed by atoms with Gasteiger partial charge in [0.25, 0.3) is 0 Å². The molecule has 2 aliphatic rings. The zero-order valence-electron chi connectivity index (χ0n) is 12.4. The number of hydrogen-bond donors (Lipinski definition) is 0. The molecular formula is C19H16N2O. The molecular weight excluding hydrogens is 272 g/mol. The molecule has 3 heteroatoms. The topological polar surface area (TPSA) is 25.4 Å². The van der Waals surface area contributed by atoms with E-state index in [0.29, 0.717) is 5.92 Å². The van der Waals surface area contributed by atoms with Crippen molar-refractivity contribution < 1.29 is 4.74 Å². The molecule has 0 amide bonds. The fourth-order valence-corrected chi connectivity index (χ4v) is 3.87. The summed E-state index contributed by atoms with van der Waals surface area (Å²) in [5.41, 5.74) is 3.99. The van der Waals surface area contributed by atoms with Crippen molar-refractivity contribution in [1.29, 1.82) is 0 Å². The maximum absolute atomic E-state index is 6.38. The maximum Gasteiger partial charge on any atom is 0.173 e. The first-order valence-corrected chi connectivity index (χ1v) is 7.68. The molecule has 5 rings (SSSR count). The molecule has 1 aromatic heterocycles. The molecule has 22 heavy (non-hydrogen) atoms. The molecule has 0 radical (unpaired) electrons.